The number of amides is 1. The molecule has 1 amide bonds. The van der Waals surface area contributed by atoms with Crippen molar-refractivity contribution in [2.75, 3.05) is 32.7 Å². The van der Waals surface area contributed by atoms with Gasteiger partial charge in [-0.15, -0.1) is 11.3 Å². The predicted molar refractivity (Wildman–Crippen MR) is 75.2 cm³/mol. The molecular weight excluding hydrogens is 270 g/mol. The smallest absolute Gasteiger partial charge is 0.260 e. The number of primary amides is 1. The van der Waals surface area contributed by atoms with Gasteiger partial charge in [-0.05, 0) is 17.5 Å². The van der Waals surface area contributed by atoms with Gasteiger partial charge in [0.15, 0.2) is 0 Å². The lowest BCUT2D eigenvalue weighted by atomic mass is 10.2. The van der Waals surface area contributed by atoms with Gasteiger partial charge in [-0.25, -0.2) is 0 Å². The van der Waals surface area contributed by atoms with Crippen molar-refractivity contribution in [1.82, 2.24) is 9.80 Å². The van der Waals surface area contributed by atoms with Gasteiger partial charge in [0.05, 0.1) is 5.02 Å². The van der Waals surface area contributed by atoms with E-state index >= 15 is 0 Å². The number of thiophene rings is 1. The maximum atomic E-state index is 11.1. The molecule has 0 unspecified atom stereocenters. The molecule has 0 atom stereocenters. The molecule has 18 heavy (non-hydrogen) atoms. The Morgan fingerprint density at radius 2 is 2.00 bits per heavy atom. The first-order valence-electron chi connectivity index (χ1n) is 6.12. The van der Waals surface area contributed by atoms with Crippen molar-refractivity contribution in [3.8, 4) is 0 Å². The van der Waals surface area contributed by atoms with E-state index in [2.05, 4.69) is 16.7 Å². The highest BCUT2D eigenvalue weighted by atomic mass is 35.5. The zero-order valence-corrected chi connectivity index (χ0v) is 12.1. The van der Waals surface area contributed by atoms with Crippen LogP contribution in [0.4, 0.5) is 0 Å². The van der Waals surface area contributed by atoms with Crippen molar-refractivity contribution in [2.24, 2.45) is 5.73 Å². The average Bonchev–Trinajstić information content (AvgIpc) is 2.72. The minimum absolute atomic E-state index is 0.438. The summed E-state index contributed by atoms with van der Waals surface area (Å²) in [7, 11) is 0. The van der Waals surface area contributed by atoms with Crippen LogP contribution in [0, 0.1) is 0 Å². The van der Waals surface area contributed by atoms with Gasteiger partial charge in [-0.3, -0.25) is 9.69 Å². The highest BCUT2D eigenvalue weighted by Gasteiger charge is 2.19. The van der Waals surface area contributed by atoms with Crippen LogP contribution >= 0.6 is 22.9 Å². The molecule has 2 N–H and O–H groups in total. The van der Waals surface area contributed by atoms with E-state index in [-0.39, 0.29) is 0 Å². The van der Waals surface area contributed by atoms with Crippen molar-refractivity contribution in [3.05, 3.63) is 20.8 Å². The van der Waals surface area contributed by atoms with Crippen molar-refractivity contribution in [3.63, 3.8) is 0 Å². The minimum Gasteiger partial charge on any atom is -0.365 e. The Balaban J connectivity index is 1.96. The lowest BCUT2D eigenvalue weighted by Crippen LogP contribution is -2.45. The number of halogens is 1. The minimum atomic E-state index is -0.438. The zero-order valence-electron chi connectivity index (χ0n) is 10.5. The SMILES string of the molecule is CCN1CCN(Cc2csc(C(N)=O)c2Cl)CC1. The van der Waals surface area contributed by atoms with Crippen LogP contribution < -0.4 is 5.73 Å². The second-order valence-corrected chi connectivity index (χ2v) is 5.74. The summed E-state index contributed by atoms with van der Waals surface area (Å²) >= 11 is 7.50. The lowest BCUT2D eigenvalue weighted by Gasteiger charge is -2.33. The van der Waals surface area contributed by atoms with Crippen LogP contribution in [-0.2, 0) is 6.54 Å². The molecule has 1 aliphatic heterocycles. The molecule has 100 valence electrons. The fourth-order valence-electron chi connectivity index (χ4n) is 2.16. The fourth-order valence-corrected chi connectivity index (χ4v) is 3.37. The van der Waals surface area contributed by atoms with Crippen molar-refractivity contribution in [2.45, 2.75) is 13.5 Å². The lowest BCUT2D eigenvalue weighted by molar-refractivity contribution is 0.100. The molecule has 1 aromatic rings. The molecule has 2 rings (SSSR count). The van der Waals surface area contributed by atoms with Crippen LogP contribution in [0.15, 0.2) is 5.38 Å². The normalized spacial score (nSPS) is 18.1. The first-order valence-corrected chi connectivity index (χ1v) is 7.38. The van der Waals surface area contributed by atoms with E-state index in [1.807, 2.05) is 5.38 Å². The van der Waals surface area contributed by atoms with Gasteiger partial charge >= 0.3 is 0 Å². The largest absolute Gasteiger partial charge is 0.365 e. The highest BCUT2D eigenvalue weighted by Crippen LogP contribution is 2.28. The van der Waals surface area contributed by atoms with Crippen molar-refractivity contribution >= 4 is 28.8 Å². The van der Waals surface area contributed by atoms with Crippen LogP contribution in [-0.4, -0.2) is 48.4 Å². The number of carbonyl (C=O) groups excluding carboxylic acids is 1. The fraction of sp³-hybridized carbons (Fsp3) is 0.583. The number of piperazine rings is 1. The molecule has 2 heterocycles. The van der Waals surface area contributed by atoms with E-state index in [1.165, 1.54) is 11.3 Å². The molecule has 4 nitrogen and oxygen atoms in total. The van der Waals surface area contributed by atoms with Crippen LogP contribution in [0.3, 0.4) is 0 Å². The van der Waals surface area contributed by atoms with E-state index in [0.29, 0.717) is 9.90 Å². The first-order chi connectivity index (χ1) is 8.61. The van der Waals surface area contributed by atoms with Crippen molar-refractivity contribution < 1.29 is 4.79 Å². The van der Waals surface area contributed by atoms with Gasteiger partial charge in [0, 0.05) is 32.7 Å². The average molecular weight is 288 g/mol. The second-order valence-electron chi connectivity index (χ2n) is 4.48. The van der Waals surface area contributed by atoms with E-state index in [4.69, 9.17) is 17.3 Å². The molecule has 0 spiro atoms. The van der Waals surface area contributed by atoms with Gasteiger partial charge in [-0.2, -0.15) is 0 Å². The summed E-state index contributed by atoms with van der Waals surface area (Å²) in [6.45, 7) is 8.39. The maximum Gasteiger partial charge on any atom is 0.260 e. The number of hydrogen-bond donors (Lipinski definition) is 1. The van der Waals surface area contributed by atoms with Crippen molar-refractivity contribution in [1.29, 1.82) is 0 Å². The maximum absolute atomic E-state index is 11.1. The summed E-state index contributed by atoms with van der Waals surface area (Å²) in [4.78, 5) is 16.4. The topological polar surface area (TPSA) is 49.6 Å². The summed E-state index contributed by atoms with van der Waals surface area (Å²) in [6, 6.07) is 0. The summed E-state index contributed by atoms with van der Waals surface area (Å²) < 4.78 is 0. The van der Waals surface area contributed by atoms with Gasteiger partial charge in [0.2, 0.25) is 0 Å². The van der Waals surface area contributed by atoms with E-state index < -0.39 is 5.91 Å². The molecular formula is C12H18ClN3OS. The third-order valence-electron chi connectivity index (χ3n) is 3.33. The number of nitrogens with two attached hydrogens (primary N) is 1. The predicted octanol–water partition coefficient (Wildman–Crippen LogP) is 1.64. The highest BCUT2D eigenvalue weighted by molar-refractivity contribution is 7.13. The van der Waals surface area contributed by atoms with E-state index in [9.17, 15) is 4.79 Å². The quantitative estimate of drug-likeness (QED) is 0.916. The molecule has 0 saturated carbocycles. The van der Waals surface area contributed by atoms with E-state index in [0.717, 1.165) is 44.8 Å². The summed E-state index contributed by atoms with van der Waals surface area (Å²) in [6.07, 6.45) is 0. The van der Waals surface area contributed by atoms with Gasteiger partial charge in [0.25, 0.3) is 5.91 Å². The number of carbonyl (C=O) groups is 1. The van der Waals surface area contributed by atoms with Gasteiger partial charge in [-0.1, -0.05) is 18.5 Å². The van der Waals surface area contributed by atoms with Gasteiger partial charge < -0.3 is 10.6 Å². The van der Waals surface area contributed by atoms with Crippen LogP contribution in [0.2, 0.25) is 5.02 Å². The Morgan fingerprint density at radius 1 is 1.39 bits per heavy atom. The van der Waals surface area contributed by atoms with Crippen LogP contribution in [0.25, 0.3) is 0 Å². The Hall–Kier alpha value is -0.620. The Bertz CT molecular complexity index is 427. The molecule has 1 saturated heterocycles. The third-order valence-corrected chi connectivity index (χ3v) is 4.92. The number of rotatable bonds is 4. The molecule has 0 radical (unpaired) electrons. The summed E-state index contributed by atoms with van der Waals surface area (Å²) in [5.41, 5.74) is 6.28. The first kappa shape index (κ1) is 13.8. The standard InChI is InChI=1S/C12H18ClN3OS/c1-2-15-3-5-16(6-4-15)7-9-8-18-11(10(9)13)12(14)17/h8H,2-7H2,1H3,(H2,14,17). The Labute approximate surface area is 116 Å². The molecule has 6 heteroatoms. The molecule has 1 aromatic heterocycles. The molecule has 0 aromatic carbocycles. The number of nitrogens with zero attached hydrogens (tertiary/aromatic N) is 2. The number of hydrogen-bond acceptors (Lipinski definition) is 4. The third kappa shape index (κ3) is 3.03. The zero-order chi connectivity index (χ0) is 13.1. The Morgan fingerprint density at radius 3 is 2.50 bits per heavy atom. The van der Waals surface area contributed by atoms with E-state index in [1.54, 1.807) is 0 Å². The monoisotopic (exact) mass is 287 g/mol. The molecule has 0 bridgehead atoms. The Kier molecular flexibility index (Phi) is 4.61. The molecule has 1 fully saturated rings. The van der Waals surface area contributed by atoms with Gasteiger partial charge in [0.1, 0.15) is 4.88 Å². The van der Waals surface area contributed by atoms with Crippen LogP contribution in [0.5, 0.6) is 0 Å². The molecule has 0 aliphatic carbocycles. The second kappa shape index (κ2) is 6.02. The molecule has 1 aliphatic rings. The number of likely N-dealkylation sites (N-methyl/N-ethyl adjacent to an activating group) is 1. The summed E-state index contributed by atoms with van der Waals surface area (Å²) in [5.74, 6) is -0.438. The summed E-state index contributed by atoms with van der Waals surface area (Å²) in [5, 5.41) is 2.47. The van der Waals surface area contributed by atoms with Crippen LogP contribution in [0.1, 0.15) is 22.2 Å².